The summed E-state index contributed by atoms with van der Waals surface area (Å²) in [5.74, 6) is -0.636. The standard InChI is InChI=1S/C31H35Cl2N3O5S/c1-3-27(31(38)34-24-12-8-9-13-24)35(20-22-11-7-10-16-26(22)33)30(37)21-36(28-19-23(32)17-18-29(28)41-2)42(39,40)25-14-5-4-6-15-25/h4-7,10-11,14-19,24,27H,3,8-9,12-13,20-21H2,1-2H3,(H,34,38)/t27-/m0/s1. The number of ether oxygens (including phenoxy) is 1. The number of methoxy groups -OCH3 is 1. The molecule has 1 atom stereocenters. The Morgan fingerprint density at radius 3 is 2.31 bits per heavy atom. The van der Waals surface area contributed by atoms with Crippen molar-refractivity contribution in [3.63, 3.8) is 0 Å². The van der Waals surface area contributed by atoms with Gasteiger partial charge in [-0.05, 0) is 61.2 Å². The molecule has 0 bridgehead atoms. The molecule has 0 spiro atoms. The van der Waals surface area contributed by atoms with E-state index in [1.54, 1.807) is 54.6 Å². The minimum atomic E-state index is -4.26. The molecule has 1 aliphatic carbocycles. The number of rotatable bonds is 12. The molecule has 0 aromatic heterocycles. The highest BCUT2D eigenvalue weighted by Crippen LogP contribution is 2.35. The zero-order chi connectivity index (χ0) is 30.3. The predicted molar refractivity (Wildman–Crippen MR) is 165 cm³/mol. The van der Waals surface area contributed by atoms with Gasteiger partial charge in [0.05, 0.1) is 17.7 Å². The largest absolute Gasteiger partial charge is 0.495 e. The third kappa shape index (κ3) is 7.38. The summed E-state index contributed by atoms with van der Waals surface area (Å²) < 4.78 is 34.5. The van der Waals surface area contributed by atoms with Crippen LogP contribution in [-0.2, 0) is 26.2 Å². The molecule has 0 saturated heterocycles. The summed E-state index contributed by atoms with van der Waals surface area (Å²) in [7, 11) is -2.86. The van der Waals surface area contributed by atoms with Gasteiger partial charge in [0.25, 0.3) is 10.0 Å². The molecule has 0 aliphatic heterocycles. The second-order valence-corrected chi connectivity index (χ2v) is 12.9. The minimum Gasteiger partial charge on any atom is -0.495 e. The minimum absolute atomic E-state index is 0.0106. The van der Waals surface area contributed by atoms with E-state index in [-0.39, 0.29) is 39.8 Å². The third-order valence-corrected chi connectivity index (χ3v) is 9.78. The van der Waals surface area contributed by atoms with Crippen molar-refractivity contribution in [3.05, 3.63) is 88.4 Å². The number of anilines is 1. The lowest BCUT2D eigenvalue weighted by atomic mass is 10.1. The van der Waals surface area contributed by atoms with Crippen molar-refractivity contribution in [1.82, 2.24) is 10.2 Å². The van der Waals surface area contributed by atoms with Crippen molar-refractivity contribution in [2.75, 3.05) is 18.0 Å². The van der Waals surface area contributed by atoms with Crippen molar-refractivity contribution >= 4 is 50.7 Å². The molecule has 1 fully saturated rings. The lowest BCUT2D eigenvalue weighted by Crippen LogP contribution is -2.53. The Hall–Kier alpha value is -3.27. The second-order valence-electron chi connectivity index (χ2n) is 10.2. The molecule has 3 aromatic rings. The monoisotopic (exact) mass is 631 g/mol. The Morgan fingerprint density at radius 2 is 1.67 bits per heavy atom. The van der Waals surface area contributed by atoms with Crippen molar-refractivity contribution in [3.8, 4) is 5.75 Å². The highest BCUT2D eigenvalue weighted by molar-refractivity contribution is 7.92. The smallest absolute Gasteiger partial charge is 0.264 e. The number of benzene rings is 3. The van der Waals surface area contributed by atoms with E-state index in [2.05, 4.69) is 5.32 Å². The fourth-order valence-corrected chi connectivity index (χ4v) is 6.99. The summed E-state index contributed by atoms with van der Waals surface area (Å²) in [5, 5.41) is 3.80. The van der Waals surface area contributed by atoms with Gasteiger partial charge in [-0.2, -0.15) is 0 Å². The van der Waals surface area contributed by atoms with Crippen LogP contribution in [0.15, 0.2) is 77.7 Å². The quantitative estimate of drug-likeness (QED) is 0.262. The summed E-state index contributed by atoms with van der Waals surface area (Å²) in [5.41, 5.74) is 0.737. The highest BCUT2D eigenvalue weighted by atomic mass is 35.5. The number of amides is 2. The fourth-order valence-electron chi connectivity index (χ4n) is 5.19. The molecule has 0 heterocycles. The van der Waals surface area contributed by atoms with Gasteiger partial charge < -0.3 is 15.0 Å². The molecule has 8 nitrogen and oxygen atoms in total. The molecule has 0 unspecified atom stereocenters. The van der Waals surface area contributed by atoms with Crippen LogP contribution in [0.1, 0.15) is 44.6 Å². The summed E-state index contributed by atoms with van der Waals surface area (Å²) in [6.45, 7) is 1.23. The van der Waals surface area contributed by atoms with Gasteiger partial charge in [0.1, 0.15) is 18.3 Å². The Morgan fingerprint density at radius 1 is 1.00 bits per heavy atom. The van der Waals surface area contributed by atoms with Gasteiger partial charge in [0.15, 0.2) is 0 Å². The van der Waals surface area contributed by atoms with Crippen molar-refractivity contribution in [2.24, 2.45) is 0 Å². The molecule has 4 rings (SSSR count). The average Bonchev–Trinajstić information content (AvgIpc) is 3.50. The maximum Gasteiger partial charge on any atom is 0.264 e. The summed E-state index contributed by atoms with van der Waals surface area (Å²) >= 11 is 12.8. The van der Waals surface area contributed by atoms with E-state index in [9.17, 15) is 18.0 Å². The maximum absolute atomic E-state index is 14.3. The summed E-state index contributed by atoms with van der Waals surface area (Å²) in [6.07, 6.45) is 4.17. The van der Waals surface area contributed by atoms with Crippen LogP contribution in [-0.4, -0.2) is 50.9 Å². The van der Waals surface area contributed by atoms with Crippen LogP contribution in [0.25, 0.3) is 0 Å². The zero-order valence-corrected chi connectivity index (χ0v) is 26.0. The Balaban J connectivity index is 1.77. The first kappa shape index (κ1) is 31.7. The normalized spacial score (nSPS) is 14.3. The lowest BCUT2D eigenvalue weighted by molar-refractivity contribution is -0.140. The first-order valence-electron chi connectivity index (χ1n) is 13.9. The van der Waals surface area contributed by atoms with Crippen LogP contribution >= 0.6 is 23.2 Å². The van der Waals surface area contributed by atoms with Gasteiger partial charge >= 0.3 is 0 Å². The summed E-state index contributed by atoms with van der Waals surface area (Å²) in [6, 6.07) is 18.6. The molecule has 2 amide bonds. The molecule has 1 N–H and O–H groups in total. The molecule has 0 radical (unpaired) electrons. The van der Waals surface area contributed by atoms with Crippen LogP contribution in [0.4, 0.5) is 5.69 Å². The molecule has 3 aromatic carbocycles. The van der Waals surface area contributed by atoms with Crippen LogP contribution in [0.3, 0.4) is 0 Å². The summed E-state index contributed by atoms with van der Waals surface area (Å²) in [4.78, 5) is 29.2. The molecule has 11 heteroatoms. The number of sulfonamides is 1. The van der Waals surface area contributed by atoms with E-state index < -0.39 is 28.5 Å². The number of carbonyl (C=O) groups is 2. The van der Waals surface area contributed by atoms with E-state index in [4.69, 9.17) is 27.9 Å². The second kappa shape index (κ2) is 14.3. The predicted octanol–water partition coefficient (Wildman–Crippen LogP) is 6.06. The fraction of sp³-hybridized carbons (Fsp3) is 0.355. The Labute approximate surface area is 257 Å². The Kier molecular flexibility index (Phi) is 10.8. The lowest BCUT2D eigenvalue weighted by Gasteiger charge is -2.34. The van der Waals surface area contributed by atoms with Crippen LogP contribution in [0, 0.1) is 0 Å². The first-order chi connectivity index (χ1) is 20.1. The molecular weight excluding hydrogens is 597 g/mol. The number of carbonyl (C=O) groups excluding carboxylic acids is 2. The van der Waals surface area contributed by atoms with Crippen LogP contribution in [0.2, 0.25) is 10.0 Å². The van der Waals surface area contributed by atoms with Gasteiger partial charge in [-0.25, -0.2) is 8.42 Å². The topological polar surface area (TPSA) is 96.0 Å². The van der Waals surface area contributed by atoms with Crippen LogP contribution in [0.5, 0.6) is 5.75 Å². The molecule has 224 valence electrons. The number of nitrogens with zero attached hydrogens (tertiary/aromatic N) is 2. The highest BCUT2D eigenvalue weighted by Gasteiger charge is 2.35. The van der Waals surface area contributed by atoms with E-state index >= 15 is 0 Å². The number of hydrogen-bond donors (Lipinski definition) is 1. The SMILES string of the molecule is CC[C@@H](C(=O)NC1CCCC1)N(Cc1ccccc1Cl)C(=O)CN(c1cc(Cl)ccc1OC)S(=O)(=O)c1ccccc1. The molecule has 1 aliphatic rings. The molecular formula is C31H35Cl2N3O5S. The zero-order valence-electron chi connectivity index (χ0n) is 23.6. The van der Waals surface area contributed by atoms with E-state index in [0.29, 0.717) is 17.0 Å². The maximum atomic E-state index is 14.3. The van der Waals surface area contributed by atoms with E-state index in [1.165, 1.54) is 30.2 Å². The number of hydrogen-bond acceptors (Lipinski definition) is 5. The van der Waals surface area contributed by atoms with Gasteiger partial charge in [-0.3, -0.25) is 13.9 Å². The van der Waals surface area contributed by atoms with Gasteiger partial charge in [-0.15, -0.1) is 0 Å². The van der Waals surface area contributed by atoms with Gasteiger partial charge in [0.2, 0.25) is 11.8 Å². The average molecular weight is 633 g/mol. The van der Waals surface area contributed by atoms with Gasteiger partial charge in [0, 0.05) is 22.6 Å². The number of nitrogens with one attached hydrogen (secondary N) is 1. The first-order valence-corrected chi connectivity index (χ1v) is 16.1. The van der Waals surface area contributed by atoms with Crippen molar-refractivity contribution in [1.29, 1.82) is 0 Å². The van der Waals surface area contributed by atoms with E-state index in [1.807, 2.05) is 6.92 Å². The third-order valence-electron chi connectivity index (χ3n) is 7.41. The van der Waals surface area contributed by atoms with Gasteiger partial charge in [-0.1, -0.05) is 79.4 Å². The van der Waals surface area contributed by atoms with Crippen molar-refractivity contribution < 1.29 is 22.7 Å². The number of halogens is 2. The van der Waals surface area contributed by atoms with Crippen LogP contribution < -0.4 is 14.4 Å². The van der Waals surface area contributed by atoms with Crippen molar-refractivity contribution in [2.45, 2.75) is 62.6 Å². The van der Waals surface area contributed by atoms with E-state index in [0.717, 1.165) is 30.0 Å². The Bertz CT molecular complexity index is 1500. The molecule has 1 saturated carbocycles. The molecule has 42 heavy (non-hydrogen) atoms.